The topological polar surface area (TPSA) is 78.4 Å². The first-order chi connectivity index (χ1) is 9.95. The monoisotopic (exact) mass is 292 g/mol. The Labute approximate surface area is 125 Å². The average molecular weight is 292 g/mol. The molecule has 0 spiro atoms. The van der Waals surface area contributed by atoms with Crippen LogP contribution < -0.4 is 10.6 Å². The van der Waals surface area contributed by atoms with E-state index >= 15 is 0 Å². The highest BCUT2D eigenvalue weighted by atomic mass is 16.4. The number of rotatable bonds is 7. The van der Waals surface area contributed by atoms with Crippen molar-refractivity contribution >= 4 is 12.0 Å². The molecule has 0 saturated heterocycles. The number of carboxylic acid groups (broad SMARTS) is 1. The first-order valence-corrected chi connectivity index (χ1v) is 7.29. The highest BCUT2D eigenvalue weighted by Gasteiger charge is 2.36. The fourth-order valence-corrected chi connectivity index (χ4v) is 2.25. The first-order valence-electron chi connectivity index (χ1n) is 7.29. The highest BCUT2D eigenvalue weighted by molar-refractivity contribution is 5.86. The number of hydrogen-bond donors (Lipinski definition) is 3. The maximum Gasteiger partial charge on any atom is 0.329 e. The van der Waals surface area contributed by atoms with E-state index in [2.05, 4.69) is 10.6 Å². The summed E-state index contributed by atoms with van der Waals surface area (Å²) in [6, 6.07) is 7.55. The number of hydrogen-bond acceptors (Lipinski definition) is 2. The van der Waals surface area contributed by atoms with E-state index in [0.717, 1.165) is 6.42 Å². The number of benzene rings is 1. The Bertz CT molecular complexity index is 496. The fourth-order valence-electron chi connectivity index (χ4n) is 2.25. The van der Waals surface area contributed by atoms with Crippen molar-refractivity contribution in [2.75, 3.05) is 6.54 Å². The lowest BCUT2D eigenvalue weighted by Crippen LogP contribution is -2.56. The molecule has 0 bridgehead atoms. The second-order valence-corrected chi connectivity index (χ2v) is 5.15. The fraction of sp³-hybridized carbons (Fsp3) is 0.500. The van der Waals surface area contributed by atoms with Crippen LogP contribution in [0.2, 0.25) is 0 Å². The molecule has 5 heteroatoms. The van der Waals surface area contributed by atoms with E-state index in [1.165, 1.54) is 11.1 Å². The molecule has 1 rings (SSSR count). The minimum Gasteiger partial charge on any atom is -0.480 e. The minimum atomic E-state index is -1.19. The summed E-state index contributed by atoms with van der Waals surface area (Å²) in [6.45, 7) is 6.01. The number of carbonyl (C=O) groups excluding carboxylic acids is 1. The van der Waals surface area contributed by atoms with Crippen LogP contribution in [0.15, 0.2) is 24.3 Å². The molecule has 0 aromatic heterocycles. The molecule has 1 aromatic carbocycles. The zero-order valence-corrected chi connectivity index (χ0v) is 12.9. The van der Waals surface area contributed by atoms with Crippen LogP contribution in [0.25, 0.3) is 0 Å². The van der Waals surface area contributed by atoms with Crippen LogP contribution in [-0.4, -0.2) is 29.2 Å². The van der Waals surface area contributed by atoms with E-state index in [4.69, 9.17) is 0 Å². The lowest BCUT2D eigenvalue weighted by molar-refractivity contribution is -0.144. The molecule has 0 atom stereocenters. The third-order valence-corrected chi connectivity index (χ3v) is 3.91. The Balaban J connectivity index is 2.51. The molecule has 116 valence electrons. The molecular weight excluding hydrogens is 268 g/mol. The molecule has 5 nitrogen and oxygen atoms in total. The van der Waals surface area contributed by atoms with E-state index in [0.29, 0.717) is 19.4 Å². The summed E-state index contributed by atoms with van der Waals surface area (Å²) in [5.74, 6) is -0.999. The van der Waals surface area contributed by atoms with Gasteiger partial charge < -0.3 is 15.7 Å². The molecule has 0 aliphatic rings. The number of aliphatic carboxylic acids is 1. The van der Waals surface area contributed by atoms with Gasteiger partial charge >= 0.3 is 12.0 Å². The summed E-state index contributed by atoms with van der Waals surface area (Å²) >= 11 is 0. The summed E-state index contributed by atoms with van der Waals surface area (Å²) in [6.07, 6.45) is 1.42. The number of urea groups is 1. The van der Waals surface area contributed by atoms with E-state index in [9.17, 15) is 14.7 Å². The van der Waals surface area contributed by atoms with Gasteiger partial charge in [-0.3, -0.25) is 0 Å². The number of aryl methyl sites for hydroxylation is 1. The third kappa shape index (κ3) is 4.48. The van der Waals surface area contributed by atoms with Gasteiger partial charge in [0.25, 0.3) is 0 Å². The van der Waals surface area contributed by atoms with Crippen molar-refractivity contribution in [2.45, 2.75) is 45.6 Å². The lowest BCUT2D eigenvalue weighted by atomic mass is 9.93. The molecule has 0 heterocycles. The van der Waals surface area contributed by atoms with Gasteiger partial charge in [-0.1, -0.05) is 38.1 Å². The van der Waals surface area contributed by atoms with Crippen LogP contribution in [0.5, 0.6) is 0 Å². The average Bonchev–Trinajstić information content (AvgIpc) is 2.46. The molecule has 0 saturated carbocycles. The predicted molar refractivity (Wildman–Crippen MR) is 82.4 cm³/mol. The maximum atomic E-state index is 11.9. The van der Waals surface area contributed by atoms with Gasteiger partial charge in [-0.25, -0.2) is 9.59 Å². The predicted octanol–water partition coefficient (Wildman–Crippen LogP) is 2.48. The van der Waals surface area contributed by atoms with Crippen LogP contribution in [0.1, 0.15) is 37.8 Å². The van der Waals surface area contributed by atoms with Crippen LogP contribution in [0.3, 0.4) is 0 Å². The Hall–Kier alpha value is -2.04. The quantitative estimate of drug-likeness (QED) is 0.722. The molecule has 0 unspecified atom stereocenters. The van der Waals surface area contributed by atoms with Gasteiger partial charge in [-0.2, -0.15) is 0 Å². The van der Waals surface area contributed by atoms with E-state index < -0.39 is 17.5 Å². The molecule has 0 radical (unpaired) electrons. The lowest BCUT2D eigenvalue weighted by Gasteiger charge is -2.28. The molecule has 0 fully saturated rings. The molecular formula is C16H24N2O3. The van der Waals surface area contributed by atoms with Crippen LogP contribution in [-0.2, 0) is 11.2 Å². The van der Waals surface area contributed by atoms with Gasteiger partial charge in [0.2, 0.25) is 0 Å². The normalized spacial score (nSPS) is 11.0. The summed E-state index contributed by atoms with van der Waals surface area (Å²) in [4.78, 5) is 23.2. The molecule has 1 aromatic rings. The van der Waals surface area contributed by atoms with Gasteiger partial charge in [0.1, 0.15) is 5.54 Å². The third-order valence-electron chi connectivity index (χ3n) is 3.91. The zero-order chi connectivity index (χ0) is 15.9. The Morgan fingerprint density at radius 2 is 1.81 bits per heavy atom. The van der Waals surface area contributed by atoms with Crippen molar-refractivity contribution in [3.8, 4) is 0 Å². The molecule has 3 N–H and O–H groups in total. The Kier molecular flexibility index (Phi) is 6.21. The van der Waals surface area contributed by atoms with Gasteiger partial charge in [0, 0.05) is 6.54 Å². The number of carbonyl (C=O) groups is 2. The van der Waals surface area contributed by atoms with Gasteiger partial charge in [0.05, 0.1) is 0 Å². The number of amides is 2. The minimum absolute atomic E-state index is 0.351. The van der Waals surface area contributed by atoms with E-state index in [1.807, 2.05) is 31.2 Å². The molecule has 0 aliphatic heterocycles. The molecule has 21 heavy (non-hydrogen) atoms. The highest BCUT2D eigenvalue weighted by Crippen LogP contribution is 2.15. The number of carboxylic acids is 1. The summed E-state index contributed by atoms with van der Waals surface area (Å²) in [7, 11) is 0. The zero-order valence-electron chi connectivity index (χ0n) is 12.9. The molecule has 0 aliphatic carbocycles. The SMILES string of the molecule is CCC(CC)(NC(=O)NCCc1ccccc1C)C(=O)O. The Morgan fingerprint density at radius 3 is 2.33 bits per heavy atom. The van der Waals surface area contributed by atoms with Crippen molar-refractivity contribution in [1.82, 2.24) is 10.6 Å². The standard InChI is InChI=1S/C16H24N2O3/c1-4-16(5-2,14(19)20)18-15(21)17-11-10-13-9-7-6-8-12(13)3/h6-9H,4-5,10-11H2,1-3H3,(H,19,20)(H2,17,18,21). The van der Waals surface area contributed by atoms with Crippen molar-refractivity contribution in [3.63, 3.8) is 0 Å². The summed E-state index contributed by atoms with van der Waals surface area (Å²) < 4.78 is 0. The van der Waals surface area contributed by atoms with Crippen LogP contribution in [0, 0.1) is 6.92 Å². The van der Waals surface area contributed by atoms with Crippen LogP contribution >= 0.6 is 0 Å². The summed E-state index contributed by atoms with van der Waals surface area (Å²) in [5, 5.41) is 14.6. The largest absolute Gasteiger partial charge is 0.480 e. The maximum absolute atomic E-state index is 11.9. The van der Waals surface area contributed by atoms with E-state index in [-0.39, 0.29) is 0 Å². The van der Waals surface area contributed by atoms with E-state index in [1.54, 1.807) is 13.8 Å². The van der Waals surface area contributed by atoms with Crippen molar-refractivity contribution in [1.29, 1.82) is 0 Å². The summed E-state index contributed by atoms with van der Waals surface area (Å²) in [5.41, 5.74) is 1.17. The van der Waals surface area contributed by atoms with Gasteiger partial charge in [0.15, 0.2) is 0 Å². The van der Waals surface area contributed by atoms with Crippen molar-refractivity contribution in [3.05, 3.63) is 35.4 Å². The van der Waals surface area contributed by atoms with Crippen LogP contribution in [0.4, 0.5) is 4.79 Å². The van der Waals surface area contributed by atoms with Gasteiger partial charge in [-0.05, 0) is 37.3 Å². The Morgan fingerprint density at radius 1 is 1.19 bits per heavy atom. The van der Waals surface area contributed by atoms with Crippen molar-refractivity contribution < 1.29 is 14.7 Å². The van der Waals surface area contributed by atoms with Gasteiger partial charge in [-0.15, -0.1) is 0 Å². The number of nitrogens with one attached hydrogen (secondary N) is 2. The smallest absolute Gasteiger partial charge is 0.329 e. The first kappa shape index (κ1) is 17.0. The second-order valence-electron chi connectivity index (χ2n) is 5.15. The molecule has 2 amide bonds. The second kappa shape index (κ2) is 7.67. The van der Waals surface area contributed by atoms with Crippen molar-refractivity contribution in [2.24, 2.45) is 0 Å².